The van der Waals surface area contributed by atoms with Crippen molar-refractivity contribution in [2.24, 2.45) is 5.16 Å². The van der Waals surface area contributed by atoms with Crippen LogP contribution in [0.1, 0.15) is 12.6 Å². The number of carbonyl (C=O) groups excluding carboxylic acids is 3. The Bertz CT molecular complexity index is 1280. The number of nitrogen functional groups attached to an aromatic ring is 3. The van der Waals surface area contributed by atoms with Gasteiger partial charge in [0, 0.05) is 23.0 Å². The number of thiazole rings is 1. The maximum atomic E-state index is 13.0. The van der Waals surface area contributed by atoms with Crippen molar-refractivity contribution in [3.8, 4) is 0 Å². The fraction of sp³-hybridized carbons (Fsp3) is 0.316. The molecular weight excluding hydrogens is 530 g/mol. The summed E-state index contributed by atoms with van der Waals surface area (Å²) in [6.07, 6.45) is 1.53. The van der Waals surface area contributed by atoms with Gasteiger partial charge in [0.25, 0.3) is 11.8 Å². The van der Waals surface area contributed by atoms with Gasteiger partial charge < -0.3 is 31.5 Å². The molecule has 4 heterocycles. The Kier molecular flexibility index (Phi) is 7.51. The first-order valence-electron chi connectivity index (χ1n) is 10.4. The van der Waals surface area contributed by atoms with E-state index in [4.69, 9.17) is 22.1 Å². The van der Waals surface area contributed by atoms with Crippen LogP contribution < -0.4 is 32.4 Å². The van der Waals surface area contributed by atoms with E-state index < -0.39 is 29.2 Å². The van der Waals surface area contributed by atoms with E-state index in [1.54, 1.807) is 6.92 Å². The van der Waals surface area contributed by atoms with Crippen LogP contribution >= 0.6 is 34.9 Å². The van der Waals surface area contributed by atoms with Crippen molar-refractivity contribution in [1.82, 2.24) is 20.2 Å². The summed E-state index contributed by atoms with van der Waals surface area (Å²) in [6, 6.07) is 0.550. The van der Waals surface area contributed by atoms with Crippen LogP contribution in [-0.2, 0) is 19.2 Å². The third-order valence-electron chi connectivity index (χ3n) is 5.02. The van der Waals surface area contributed by atoms with Gasteiger partial charge in [0.15, 0.2) is 10.8 Å². The van der Waals surface area contributed by atoms with Crippen LogP contribution in [0.25, 0.3) is 0 Å². The topological polar surface area (TPSA) is 219 Å². The quantitative estimate of drug-likeness (QED) is 0.0489. The third kappa shape index (κ3) is 5.02. The molecule has 0 aliphatic carbocycles. The minimum absolute atomic E-state index is 0.144. The fourth-order valence-electron chi connectivity index (χ4n) is 3.41. The Morgan fingerprint density at radius 1 is 1.42 bits per heavy atom. The molecule has 2 aromatic rings. The molecule has 0 saturated carbocycles. The molecule has 190 valence electrons. The molecular formula is C19H21N9O5S3. The van der Waals surface area contributed by atoms with Crippen LogP contribution in [-0.4, -0.2) is 67.9 Å². The number of anilines is 2. The number of hydrogen-bond donors (Lipinski definition) is 4. The van der Waals surface area contributed by atoms with Gasteiger partial charge in [-0.15, -0.1) is 27.8 Å². The molecule has 1 saturated heterocycles. The van der Waals surface area contributed by atoms with Crippen molar-refractivity contribution >= 4 is 69.3 Å². The molecule has 0 aromatic carbocycles. The molecule has 1 fully saturated rings. The molecule has 17 heteroatoms. The molecule has 0 spiro atoms. The number of β-lactam (4-membered cyclic amide) rings is 1. The van der Waals surface area contributed by atoms with Gasteiger partial charge in [-0.2, -0.15) is 0 Å². The Balaban J connectivity index is 1.50. The van der Waals surface area contributed by atoms with Crippen molar-refractivity contribution in [2.75, 3.05) is 35.4 Å². The molecule has 2 amide bonds. The number of nitrogens with one attached hydrogen (secondary N) is 1. The number of carboxylic acid groups (broad SMARTS) is 1. The number of oxime groups is 1. The van der Waals surface area contributed by atoms with Gasteiger partial charge in [-0.05, 0) is 29.2 Å². The van der Waals surface area contributed by atoms with Crippen LogP contribution in [0.3, 0.4) is 0 Å². The summed E-state index contributed by atoms with van der Waals surface area (Å²) in [6.45, 7) is 1.90. The maximum absolute atomic E-state index is 13.0. The molecule has 14 nitrogen and oxygen atoms in total. The maximum Gasteiger partial charge on any atom is 0.384 e. The number of thioether (sulfide) groups is 2. The summed E-state index contributed by atoms with van der Waals surface area (Å²) in [4.78, 5) is 52.2. The van der Waals surface area contributed by atoms with Gasteiger partial charge in [0.1, 0.15) is 29.9 Å². The van der Waals surface area contributed by atoms with Crippen molar-refractivity contribution in [1.29, 1.82) is 0 Å². The van der Waals surface area contributed by atoms with Crippen LogP contribution in [0, 0.1) is 0 Å². The number of aromatic nitrogens is 3. The number of amides is 2. The molecule has 7 N–H and O–H groups in total. The van der Waals surface area contributed by atoms with E-state index in [1.165, 1.54) is 45.8 Å². The molecule has 2 aliphatic heterocycles. The normalized spacial score (nSPS) is 19.5. The lowest BCUT2D eigenvalue weighted by molar-refractivity contribution is -0.682. The summed E-state index contributed by atoms with van der Waals surface area (Å²) in [5, 5.41) is 19.9. The number of fused-ring (bicyclic) bond motifs is 1. The number of nitrogens with two attached hydrogens (primary N) is 3. The number of rotatable bonds is 9. The van der Waals surface area contributed by atoms with Crippen molar-refractivity contribution in [2.45, 2.75) is 23.5 Å². The van der Waals surface area contributed by atoms with Crippen LogP contribution in [0.2, 0.25) is 0 Å². The molecule has 1 unspecified atom stereocenters. The molecule has 0 radical (unpaired) electrons. The monoisotopic (exact) mass is 551 g/mol. The van der Waals surface area contributed by atoms with Gasteiger partial charge in [-0.25, -0.2) is 4.98 Å². The average Bonchev–Trinajstić information content (AvgIpc) is 3.28. The number of carbonyl (C=O) groups is 3. The first kappa shape index (κ1) is 25.5. The Morgan fingerprint density at radius 2 is 2.19 bits per heavy atom. The minimum Gasteiger partial charge on any atom is -0.543 e. The zero-order valence-electron chi connectivity index (χ0n) is 18.7. The zero-order valence-corrected chi connectivity index (χ0v) is 21.2. The smallest absolute Gasteiger partial charge is 0.384 e. The van der Waals surface area contributed by atoms with Gasteiger partial charge in [-0.3, -0.25) is 20.3 Å². The predicted molar refractivity (Wildman–Crippen MR) is 131 cm³/mol. The Morgan fingerprint density at radius 3 is 2.86 bits per heavy atom. The summed E-state index contributed by atoms with van der Waals surface area (Å²) >= 11 is 3.60. The highest BCUT2D eigenvalue weighted by atomic mass is 32.2. The van der Waals surface area contributed by atoms with E-state index in [0.29, 0.717) is 10.7 Å². The van der Waals surface area contributed by atoms with Crippen LogP contribution in [0.5, 0.6) is 0 Å². The number of nitrogens with zero attached hydrogens (tertiary/aromatic N) is 5. The summed E-state index contributed by atoms with van der Waals surface area (Å²) in [5.41, 5.74) is 11.6. The molecule has 0 bridgehead atoms. The van der Waals surface area contributed by atoms with Gasteiger partial charge >= 0.3 is 5.16 Å². The summed E-state index contributed by atoms with van der Waals surface area (Å²) < 4.78 is 1.26. The second kappa shape index (κ2) is 10.6. The number of hydrogen-bond acceptors (Lipinski definition) is 14. The van der Waals surface area contributed by atoms with E-state index >= 15 is 0 Å². The standard InChI is InChI=1S/C19H21N9O5S3/c1-2-33-26-11(9-7-35-18(21)23-9)14(29)25-12-15(30)28-13(17(31)32)8(5-34-16(12)28)6-36-19-24-10(20)3-4-27(19)22/h3-4,7,12,16,20H,2,5-6,22H2,1H3,(H4,21,23,25,29,31,32)/b26-11-/t12?,16-/m1/s1. The second-order valence-electron chi connectivity index (χ2n) is 7.36. The highest BCUT2D eigenvalue weighted by Gasteiger charge is 2.53. The summed E-state index contributed by atoms with van der Waals surface area (Å²) in [7, 11) is 0. The zero-order chi connectivity index (χ0) is 26.0. The molecule has 2 aliphatic rings. The minimum atomic E-state index is -1.49. The second-order valence-corrected chi connectivity index (χ2v) is 10.3. The van der Waals surface area contributed by atoms with Gasteiger partial charge in [0.05, 0.1) is 11.7 Å². The highest BCUT2D eigenvalue weighted by molar-refractivity contribution is 8.01. The molecule has 2 atom stereocenters. The van der Waals surface area contributed by atoms with Crippen molar-refractivity contribution in [3.05, 3.63) is 34.6 Å². The lowest BCUT2D eigenvalue weighted by Crippen LogP contribution is -2.71. The molecule has 4 rings (SSSR count). The van der Waals surface area contributed by atoms with Crippen LogP contribution in [0.4, 0.5) is 10.9 Å². The predicted octanol–water partition coefficient (Wildman–Crippen LogP) is -2.36. The lowest BCUT2D eigenvalue weighted by Gasteiger charge is -2.50. The number of carboxylic acids is 1. The van der Waals surface area contributed by atoms with E-state index in [9.17, 15) is 19.5 Å². The highest BCUT2D eigenvalue weighted by Crippen LogP contribution is 2.41. The van der Waals surface area contributed by atoms with E-state index in [0.717, 1.165) is 16.2 Å². The Hall–Kier alpha value is -3.57. The fourth-order valence-corrected chi connectivity index (χ4v) is 6.35. The summed E-state index contributed by atoms with van der Waals surface area (Å²) in [5.74, 6) is 3.79. The lowest BCUT2D eigenvalue weighted by atomic mass is 10.0. The number of aliphatic carboxylic acids is 1. The van der Waals surface area contributed by atoms with Crippen molar-refractivity contribution < 1.29 is 29.0 Å². The van der Waals surface area contributed by atoms with Gasteiger partial charge in [-0.1, -0.05) is 5.16 Å². The SMILES string of the molecule is CCO/N=C(\C(=O)NC1C(=O)N2C(C(=O)[O-])=C(CSc3nc(N)cc[n+]3N)CS[C@H]12)c1csc(N)n1. The van der Waals surface area contributed by atoms with E-state index in [-0.39, 0.29) is 46.2 Å². The van der Waals surface area contributed by atoms with Crippen molar-refractivity contribution in [3.63, 3.8) is 0 Å². The Labute approximate surface area is 216 Å². The van der Waals surface area contributed by atoms with Crippen LogP contribution in [0.15, 0.2) is 39.2 Å². The molecule has 2 aromatic heterocycles. The molecule has 36 heavy (non-hydrogen) atoms. The first-order chi connectivity index (χ1) is 17.2. The van der Waals surface area contributed by atoms with E-state index in [1.807, 2.05) is 0 Å². The third-order valence-corrected chi connectivity index (χ3v) is 8.09. The average molecular weight is 552 g/mol. The van der Waals surface area contributed by atoms with E-state index in [2.05, 4.69) is 20.4 Å². The largest absolute Gasteiger partial charge is 0.543 e. The van der Waals surface area contributed by atoms with Gasteiger partial charge in [0.2, 0.25) is 5.82 Å². The first-order valence-corrected chi connectivity index (χ1v) is 13.3.